The first-order chi connectivity index (χ1) is 5.07. The molecule has 0 saturated carbocycles. The average Bonchev–Trinajstić information content (AvgIpc) is 1.98. The van der Waals surface area contributed by atoms with Crippen LogP contribution in [0, 0.1) is 5.92 Å². The van der Waals surface area contributed by atoms with E-state index in [1.807, 2.05) is 6.92 Å². The van der Waals surface area contributed by atoms with E-state index in [1.54, 1.807) is 0 Å². The second kappa shape index (κ2) is 5.13. The van der Waals surface area contributed by atoms with Gasteiger partial charge in [-0.15, -0.1) is 0 Å². The molecule has 3 N–H and O–H groups in total. The maximum absolute atomic E-state index is 10.2. The first-order valence-corrected chi connectivity index (χ1v) is 4.05. The molecule has 0 heterocycles. The summed E-state index contributed by atoms with van der Waals surface area (Å²) in [5, 5.41) is 8.36. The summed E-state index contributed by atoms with van der Waals surface area (Å²) in [5.74, 6) is -0.335. The van der Waals surface area contributed by atoms with Crippen LogP contribution in [0.1, 0.15) is 33.1 Å². The van der Waals surface area contributed by atoms with Crippen LogP contribution in [0.3, 0.4) is 0 Å². The summed E-state index contributed by atoms with van der Waals surface area (Å²) in [4.78, 5) is 10.2. The summed E-state index contributed by atoms with van der Waals surface area (Å²) in [6.07, 6.45) is 1.79. The van der Waals surface area contributed by atoms with Crippen LogP contribution in [0.15, 0.2) is 0 Å². The maximum Gasteiger partial charge on any atom is 0.303 e. The summed E-state index contributed by atoms with van der Waals surface area (Å²) in [7, 11) is 0. The van der Waals surface area contributed by atoms with Gasteiger partial charge in [-0.05, 0) is 12.3 Å². The van der Waals surface area contributed by atoms with Crippen molar-refractivity contribution in [1.29, 1.82) is 0 Å². The SMILES string of the molecule is CC[C@H](C)C(N)CCC(=O)O. The van der Waals surface area contributed by atoms with Crippen molar-refractivity contribution >= 4 is 5.97 Å². The molecule has 0 aromatic heterocycles. The van der Waals surface area contributed by atoms with Gasteiger partial charge in [0.2, 0.25) is 0 Å². The number of carboxylic acid groups (broad SMARTS) is 1. The van der Waals surface area contributed by atoms with Crippen molar-refractivity contribution in [2.45, 2.75) is 39.2 Å². The van der Waals surface area contributed by atoms with E-state index in [2.05, 4.69) is 6.92 Å². The van der Waals surface area contributed by atoms with E-state index in [0.717, 1.165) is 6.42 Å². The van der Waals surface area contributed by atoms with Crippen LogP contribution in [0.2, 0.25) is 0 Å². The van der Waals surface area contributed by atoms with Gasteiger partial charge in [-0.1, -0.05) is 20.3 Å². The van der Waals surface area contributed by atoms with Crippen molar-refractivity contribution in [3.8, 4) is 0 Å². The van der Waals surface area contributed by atoms with Crippen LogP contribution in [0.25, 0.3) is 0 Å². The summed E-state index contributed by atoms with van der Waals surface area (Å²) < 4.78 is 0. The molecule has 3 heteroatoms. The number of carboxylic acids is 1. The minimum absolute atomic E-state index is 0.0381. The number of hydrogen-bond acceptors (Lipinski definition) is 2. The van der Waals surface area contributed by atoms with Gasteiger partial charge in [-0.2, -0.15) is 0 Å². The fourth-order valence-electron chi connectivity index (χ4n) is 0.877. The Morgan fingerprint density at radius 1 is 1.64 bits per heavy atom. The molecule has 0 fully saturated rings. The van der Waals surface area contributed by atoms with Crippen molar-refractivity contribution < 1.29 is 9.90 Å². The van der Waals surface area contributed by atoms with E-state index in [4.69, 9.17) is 10.8 Å². The third-order valence-electron chi connectivity index (χ3n) is 2.07. The highest BCUT2D eigenvalue weighted by molar-refractivity contribution is 5.66. The molecule has 1 unspecified atom stereocenters. The molecule has 0 aromatic rings. The lowest BCUT2D eigenvalue weighted by atomic mass is 9.96. The Balaban J connectivity index is 3.51. The zero-order valence-corrected chi connectivity index (χ0v) is 7.21. The van der Waals surface area contributed by atoms with Gasteiger partial charge in [0, 0.05) is 12.5 Å². The highest BCUT2D eigenvalue weighted by atomic mass is 16.4. The van der Waals surface area contributed by atoms with E-state index in [9.17, 15) is 4.79 Å². The second-order valence-electron chi connectivity index (χ2n) is 2.98. The smallest absolute Gasteiger partial charge is 0.303 e. The molecule has 0 aliphatic rings. The Hall–Kier alpha value is -0.570. The lowest BCUT2D eigenvalue weighted by molar-refractivity contribution is -0.137. The molecule has 0 aliphatic carbocycles. The van der Waals surface area contributed by atoms with Gasteiger partial charge in [-0.3, -0.25) is 4.79 Å². The zero-order valence-electron chi connectivity index (χ0n) is 7.21. The Morgan fingerprint density at radius 2 is 2.18 bits per heavy atom. The molecule has 0 amide bonds. The lowest BCUT2D eigenvalue weighted by Gasteiger charge is -2.16. The first kappa shape index (κ1) is 10.4. The van der Waals surface area contributed by atoms with Crippen LogP contribution in [0.4, 0.5) is 0 Å². The van der Waals surface area contributed by atoms with E-state index < -0.39 is 5.97 Å². The molecule has 66 valence electrons. The van der Waals surface area contributed by atoms with Gasteiger partial charge < -0.3 is 10.8 Å². The number of hydrogen-bond donors (Lipinski definition) is 2. The molecule has 11 heavy (non-hydrogen) atoms. The van der Waals surface area contributed by atoms with Crippen LogP contribution >= 0.6 is 0 Å². The average molecular weight is 159 g/mol. The van der Waals surface area contributed by atoms with Crippen LogP contribution in [-0.2, 0) is 4.79 Å². The topological polar surface area (TPSA) is 63.3 Å². The van der Waals surface area contributed by atoms with Crippen molar-refractivity contribution in [3.05, 3.63) is 0 Å². The number of carbonyl (C=O) groups is 1. The van der Waals surface area contributed by atoms with Gasteiger partial charge in [0.25, 0.3) is 0 Å². The Kier molecular flexibility index (Phi) is 4.86. The molecule has 3 nitrogen and oxygen atoms in total. The molecule has 0 bridgehead atoms. The van der Waals surface area contributed by atoms with Gasteiger partial charge in [0.1, 0.15) is 0 Å². The van der Waals surface area contributed by atoms with E-state index >= 15 is 0 Å². The molecular weight excluding hydrogens is 142 g/mol. The molecular formula is C8H17NO2. The van der Waals surface area contributed by atoms with Crippen molar-refractivity contribution in [1.82, 2.24) is 0 Å². The van der Waals surface area contributed by atoms with E-state index in [1.165, 1.54) is 0 Å². The highest BCUT2D eigenvalue weighted by Crippen LogP contribution is 2.09. The third-order valence-corrected chi connectivity index (χ3v) is 2.07. The molecule has 0 spiro atoms. The molecule has 0 radical (unpaired) electrons. The predicted molar refractivity (Wildman–Crippen MR) is 44.3 cm³/mol. The Morgan fingerprint density at radius 3 is 2.55 bits per heavy atom. The molecule has 0 rings (SSSR count). The lowest BCUT2D eigenvalue weighted by Crippen LogP contribution is -2.28. The number of nitrogens with two attached hydrogens (primary N) is 1. The minimum atomic E-state index is -0.760. The molecule has 0 aromatic carbocycles. The fourth-order valence-corrected chi connectivity index (χ4v) is 0.877. The van der Waals surface area contributed by atoms with Crippen molar-refractivity contribution in [3.63, 3.8) is 0 Å². The molecule has 0 saturated heterocycles. The summed E-state index contributed by atoms with van der Waals surface area (Å²) in [6, 6.07) is 0.0381. The van der Waals surface area contributed by atoms with Gasteiger partial charge in [0.05, 0.1) is 0 Å². The van der Waals surface area contributed by atoms with E-state index in [-0.39, 0.29) is 12.5 Å². The zero-order chi connectivity index (χ0) is 8.85. The largest absolute Gasteiger partial charge is 0.481 e. The van der Waals surface area contributed by atoms with Gasteiger partial charge in [0.15, 0.2) is 0 Å². The molecule has 2 atom stereocenters. The van der Waals surface area contributed by atoms with Gasteiger partial charge >= 0.3 is 5.97 Å². The Bertz CT molecular complexity index is 125. The summed E-state index contributed by atoms with van der Waals surface area (Å²) in [6.45, 7) is 4.11. The first-order valence-electron chi connectivity index (χ1n) is 4.05. The van der Waals surface area contributed by atoms with Crippen molar-refractivity contribution in [2.24, 2.45) is 11.7 Å². The van der Waals surface area contributed by atoms with Gasteiger partial charge in [-0.25, -0.2) is 0 Å². The fraction of sp³-hybridized carbons (Fsp3) is 0.875. The monoisotopic (exact) mass is 159 g/mol. The van der Waals surface area contributed by atoms with Crippen LogP contribution in [-0.4, -0.2) is 17.1 Å². The summed E-state index contributed by atoms with van der Waals surface area (Å²) in [5.41, 5.74) is 5.71. The van der Waals surface area contributed by atoms with Crippen LogP contribution in [0.5, 0.6) is 0 Å². The van der Waals surface area contributed by atoms with E-state index in [0.29, 0.717) is 12.3 Å². The molecule has 0 aliphatic heterocycles. The predicted octanol–water partition coefficient (Wildman–Crippen LogP) is 1.22. The normalized spacial score (nSPS) is 15.9. The standard InChI is InChI=1S/C8H17NO2/c1-3-6(2)7(9)4-5-8(10)11/h6-7H,3-5,9H2,1-2H3,(H,10,11)/t6-,7?/m0/s1. The minimum Gasteiger partial charge on any atom is -0.481 e. The van der Waals surface area contributed by atoms with Crippen molar-refractivity contribution in [2.75, 3.05) is 0 Å². The summed E-state index contributed by atoms with van der Waals surface area (Å²) >= 11 is 0. The highest BCUT2D eigenvalue weighted by Gasteiger charge is 2.11. The number of rotatable bonds is 5. The van der Waals surface area contributed by atoms with Crippen LogP contribution < -0.4 is 5.73 Å². The number of aliphatic carboxylic acids is 1. The second-order valence-corrected chi connectivity index (χ2v) is 2.98. The maximum atomic E-state index is 10.2. The quantitative estimate of drug-likeness (QED) is 0.634. The third kappa shape index (κ3) is 4.79. The Labute approximate surface area is 67.6 Å².